The van der Waals surface area contributed by atoms with Crippen LogP contribution in [0.4, 0.5) is 0 Å². The van der Waals surface area contributed by atoms with Crippen LogP contribution in [0.25, 0.3) is 0 Å². The fourth-order valence-corrected chi connectivity index (χ4v) is 0.0527. The average Bonchev–Trinajstić information content (AvgIpc) is 1.65. The predicted octanol–water partition coefficient (Wildman–Crippen LogP) is -0.311. The van der Waals surface area contributed by atoms with Crippen molar-refractivity contribution in [3.63, 3.8) is 0 Å². The Labute approximate surface area is 87.3 Å². The molecule has 0 bridgehead atoms. The summed E-state index contributed by atoms with van der Waals surface area (Å²) < 4.78 is 3.95. The van der Waals surface area contributed by atoms with Crippen molar-refractivity contribution in [3.05, 3.63) is 6.61 Å². The van der Waals surface area contributed by atoms with Crippen LogP contribution in [0.3, 0.4) is 0 Å². The van der Waals surface area contributed by atoms with Crippen molar-refractivity contribution in [1.82, 2.24) is 0 Å². The molecule has 0 rings (SSSR count). The van der Waals surface area contributed by atoms with Crippen molar-refractivity contribution in [2.24, 2.45) is 0 Å². The van der Waals surface area contributed by atoms with E-state index in [0.717, 1.165) is 0 Å². The molecular weight excluding hydrogens is 357 g/mol. The molecule has 0 atom stereocenters. The molecule has 8 heavy (non-hydrogen) atoms. The van der Waals surface area contributed by atoms with Crippen molar-refractivity contribution in [2.45, 2.75) is 0 Å². The van der Waals surface area contributed by atoms with Crippen LogP contribution < -0.4 is 0 Å². The monoisotopic (exact) mass is 362 g/mol. The first-order valence-electron chi connectivity index (χ1n) is 1.36. The summed E-state index contributed by atoms with van der Waals surface area (Å²) in [6.45, 7) is 0.361. The van der Waals surface area contributed by atoms with E-state index in [1.807, 2.05) is 0 Å². The fraction of sp³-hybridized carbons (Fsp3) is 0.333. The zero-order chi connectivity index (χ0) is 4.99. The average molecular weight is 362 g/mol. The van der Waals surface area contributed by atoms with Crippen LogP contribution in [0, 0.1) is 6.61 Å². The topological polar surface area (TPSA) is 46.5 Å². The van der Waals surface area contributed by atoms with Gasteiger partial charge in [0.25, 0.3) is 0 Å². The van der Waals surface area contributed by atoms with Gasteiger partial charge in [-0.15, -0.1) is 0 Å². The summed E-state index contributed by atoms with van der Waals surface area (Å²) in [5, 5.41) is 7.74. The van der Waals surface area contributed by atoms with E-state index >= 15 is 0 Å². The molecule has 0 aliphatic heterocycles. The molecule has 1 N–H and O–H groups in total. The quantitative estimate of drug-likeness (QED) is 0.515. The van der Waals surface area contributed by atoms with Gasteiger partial charge in [-0.25, -0.2) is 0 Å². The Morgan fingerprint density at radius 2 is 2.12 bits per heavy atom. The van der Waals surface area contributed by atoms with Gasteiger partial charge >= 0.3 is 0 Å². The molecule has 0 spiro atoms. The smallest absolute Gasteiger partial charge is 0.190 e. The number of methoxy groups -OCH3 is 1. The number of hydrogen-bond acceptors (Lipinski definition) is 3. The summed E-state index contributed by atoms with van der Waals surface area (Å²) in [6.07, 6.45) is 0. The van der Waals surface area contributed by atoms with E-state index in [0.29, 0.717) is 6.61 Å². The van der Waals surface area contributed by atoms with Crippen molar-refractivity contribution in [1.29, 1.82) is 0 Å². The van der Waals surface area contributed by atoms with Crippen molar-refractivity contribution < 1.29 is 68.4 Å². The fourth-order valence-electron chi connectivity index (χ4n) is 0.0527. The number of ether oxygens (including phenoxy) is 1. The molecule has 1 radical (unpaired) electrons. The van der Waals surface area contributed by atoms with Crippen LogP contribution in [-0.2, 0) is 63.3 Å². The third-order valence-corrected chi connectivity index (χ3v) is 0.307. The van der Waals surface area contributed by atoms with Gasteiger partial charge in [0.2, 0.25) is 0 Å². The second-order valence-electron chi connectivity index (χ2n) is 0.652. The predicted molar refractivity (Wildman–Crippen MR) is 18.3 cm³/mol. The Kier molecular flexibility index (Phi) is 22.0. The zero-order valence-corrected chi connectivity index (χ0v) is 10.1. The van der Waals surface area contributed by atoms with Gasteiger partial charge in [0.15, 0.2) is 5.97 Å². The Balaban J connectivity index is -0.000000125. The van der Waals surface area contributed by atoms with Gasteiger partial charge in [0.05, 0.1) is 7.11 Å². The third kappa shape index (κ3) is 10.2. The molecule has 0 aliphatic rings. The van der Waals surface area contributed by atoms with Crippen LogP contribution in [-0.4, -0.2) is 18.2 Å². The molecule has 0 aliphatic carbocycles. The number of aliphatic hydroxyl groups is 1. The normalized spacial score (nSPS) is 5.25. The molecule has 0 saturated carbocycles. The van der Waals surface area contributed by atoms with Crippen LogP contribution in [0.15, 0.2) is 0 Å². The van der Waals surface area contributed by atoms with Gasteiger partial charge in [-0.3, -0.25) is 4.79 Å². The second kappa shape index (κ2) is 11.0. The zero-order valence-electron chi connectivity index (χ0n) is 4.33. The van der Waals surface area contributed by atoms with Gasteiger partial charge in [-0.05, 0) is 0 Å². The van der Waals surface area contributed by atoms with Gasteiger partial charge < -0.3 is 9.84 Å². The van der Waals surface area contributed by atoms with Crippen LogP contribution in [0.2, 0.25) is 0 Å². The minimum atomic E-state index is -0.727. The van der Waals surface area contributed by atoms with Crippen LogP contribution >= 0.6 is 0 Å². The number of rotatable bonds is 1. The molecular formula is C3H5O3WY-. The largest absolute Gasteiger partial charge is 0.537 e. The molecule has 0 unspecified atom stereocenters. The molecule has 3 nitrogen and oxygen atoms in total. The molecule has 0 aromatic carbocycles. The van der Waals surface area contributed by atoms with Crippen LogP contribution in [0.1, 0.15) is 0 Å². The summed E-state index contributed by atoms with van der Waals surface area (Å²) in [5.41, 5.74) is 0. The van der Waals surface area contributed by atoms with E-state index in [4.69, 9.17) is 5.11 Å². The van der Waals surface area contributed by atoms with Gasteiger partial charge in [-0.2, -0.15) is 6.61 Å². The SMILES string of the molecule is COC(=O)[CH-]O.[W].[Y]. The van der Waals surface area contributed by atoms with Gasteiger partial charge in [-0.1, -0.05) is 0 Å². The molecule has 5 heteroatoms. The van der Waals surface area contributed by atoms with E-state index in [-0.39, 0.29) is 53.8 Å². The minimum absolute atomic E-state index is 0. The van der Waals surface area contributed by atoms with Crippen molar-refractivity contribution in [3.8, 4) is 0 Å². The van der Waals surface area contributed by atoms with Crippen molar-refractivity contribution in [2.75, 3.05) is 7.11 Å². The maximum atomic E-state index is 9.65. The van der Waals surface area contributed by atoms with Crippen molar-refractivity contribution >= 4 is 5.97 Å². The summed E-state index contributed by atoms with van der Waals surface area (Å²) in [4.78, 5) is 9.65. The molecule has 0 fully saturated rings. The number of carbonyl (C=O) groups is 1. The van der Waals surface area contributed by atoms with Gasteiger partial charge in [0, 0.05) is 53.8 Å². The molecule has 0 aromatic rings. The summed E-state index contributed by atoms with van der Waals surface area (Å²) in [5.74, 6) is -0.727. The maximum Gasteiger partial charge on any atom is 0.190 e. The number of hydrogen-bond donors (Lipinski definition) is 1. The summed E-state index contributed by atoms with van der Waals surface area (Å²) in [7, 11) is 1.19. The van der Waals surface area contributed by atoms with E-state index < -0.39 is 5.97 Å². The first-order valence-corrected chi connectivity index (χ1v) is 1.36. The van der Waals surface area contributed by atoms with E-state index in [1.54, 1.807) is 0 Å². The van der Waals surface area contributed by atoms with Crippen LogP contribution in [0.5, 0.6) is 0 Å². The number of esters is 1. The van der Waals surface area contributed by atoms with Gasteiger partial charge in [0.1, 0.15) is 0 Å². The summed E-state index contributed by atoms with van der Waals surface area (Å²) >= 11 is 0. The number of aliphatic hydroxyl groups excluding tert-OH is 1. The molecule has 0 saturated heterocycles. The molecule has 0 aromatic heterocycles. The molecule has 0 heterocycles. The van der Waals surface area contributed by atoms with E-state index in [1.165, 1.54) is 7.11 Å². The van der Waals surface area contributed by atoms with E-state index in [9.17, 15) is 4.79 Å². The van der Waals surface area contributed by atoms with E-state index in [2.05, 4.69) is 4.74 Å². The standard InChI is InChI=1S/C3H5O3.W.Y/c1-6-3(5)2-4;;/h2,4H,1H3;;/q-1;;. The summed E-state index contributed by atoms with van der Waals surface area (Å²) in [6, 6.07) is 0. The first kappa shape index (κ1) is 16.0. The minimum Gasteiger partial charge on any atom is -0.537 e. The third-order valence-electron chi connectivity index (χ3n) is 0.307. The first-order chi connectivity index (χ1) is 2.81. The second-order valence-corrected chi connectivity index (χ2v) is 0.652. The Morgan fingerprint density at radius 3 is 2.12 bits per heavy atom. The molecule has 45 valence electrons. The maximum absolute atomic E-state index is 9.65. The Hall–Kier alpha value is 1.09. The Bertz CT molecular complexity index is 52.5. The molecule has 0 amide bonds. The Morgan fingerprint density at radius 1 is 1.75 bits per heavy atom. The number of carbonyl (C=O) groups excluding carboxylic acids is 1.